The summed E-state index contributed by atoms with van der Waals surface area (Å²) < 4.78 is 104. The molecule has 2 aliphatic rings. The van der Waals surface area contributed by atoms with Crippen molar-refractivity contribution in [2.24, 2.45) is 10.8 Å². The van der Waals surface area contributed by atoms with Crippen LogP contribution in [0.2, 0.25) is 0 Å². The van der Waals surface area contributed by atoms with E-state index in [1.165, 1.54) is 50.7 Å². The molecule has 1 aromatic heterocycles. The number of nitrogens with zero attached hydrogens (tertiary/aromatic N) is 4. The van der Waals surface area contributed by atoms with E-state index >= 15 is 0 Å². The number of aliphatic imine (C=N–C) groups is 1. The summed E-state index contributed by atoms with van der Waals surface area (Å²) in [5.41, 5.74) is 3.67. The van der Waals surface area contributed by atoms with E-state index in [-0.39, 0.29) is 42.0 Å². The lowest BCUT2D eigenvalue weighted by molar-refractivity contribution is -0.684. The largest absolute Gasteiger partial charge is 0.748 e. The molecular formula is C37H44N6O12S3. The molecule has 2 aliphatic heterocycles. The molecule has 5 N–H and O–H groups in total. The molecule has 0 bridgehead atoms. The van der Waals surface area contributed by atoms with Crippen molar-refractivity contribution in [2.45, 2.75) is 55.9 Å². The van der Waals surface area contributed by atoms with Crippen molar-refractivity contribution in [1.82, 2.24) is 10.5 Å². The zero-order chi connectivity index (χ0) is 43.0. The highest BCUT2D eigenvalue weighted by atomic mass is 32.2. The Labute approximate surface area is 336 Å². The first-order chi connectivity index (χ1) is 26.9. The summed E-state index contributed by atoms with van der Waals surface area (Å²) in [6.45, 7) is 5.65. The lowest BCUT2D eigenvalue weighted by Gasteiger charge is -2.31. The molecule has 0 saturated heterocycles. The van der Waals surface area contributed by atoms with Crippen LogP contribution < -0.4 is 20.7 Å². The third-order valence-corrected chi connectivity index (χ3v) is 12.7. The molecule has 1 atom stereocenters. The molecule has 58 heavy (non-hydrogen) atoms. The molecule has 3 aromatic rings. The molecule has 1 unspecified atom stereocenters. The lowest BCUT2D eigenvalue weighted by atomic mass is 9.75. The van der Waals surface area contributed by atoms with E-state index in [0.29, 0.717) is 39.6 Å². The highest BCUT2D eigenvalue weighted by Gasteiger charge is 2.46. The number of rotatable bonds is 15. The number of pyridine rings is 1. The van der Waals surface area contributed by atoms with Crippen molar-refractivity contribution in [1.29, 1.82) is 0 Å². The molecule has 3 heterocycles. The Morgan fingerprint density at radius 3 is 2.24 bits per heavy atom. The molecule has 0 saturated carbocycles. The van der Waals surface area contributed by atoms with Crippen molar-refractivity contribution >= 4 is 59.4 Å². The van der Waals surface area contributed by atoms with E-state index in [0.717, 1.165) is 5.06 Å². The quantitative estimate of drug-likeness (QED) is 0.0562. The third-order valence-electron chi connectivity index (χ3n) is 10.3. The van der Waals surface area contributed by atoms with Gasteiger partial charge in [-0.05, 0) is 98.3 Å². The Morgan fingerprint density at radius 1 is 0.983 bits per heavy atom. The second kappa shape index (κ2) is 16.4. The SMILES string of the molecule is CON(C)C(=O)c1cc2c([n+](CCCS(=O)(=O)[O-])c1)N=C(/C=C/C=C1/N(CCCS(=O)(=O)O)c3ccc(S(=O)(=O)O)cc3C1(C)c1ccc(C(=O)NN)cc1)C2(C)C. The number of anilines is 1. The predicted molar refractivity (Wildman–Crippen MR) is 211 cm³/mol. The van der Waals surface area contributed by atoms with Gasteiger partial charge in [0.2, 0.25) is 0 Å². The number of hydrazine groups is 1. The van der Waals surface area contributed by atoms with Crippen molar-refractivity contribution in [3.63, 3.8) is 0 Å². The topological polar surface area (TPSA) is 270 Å². The highest BCUT2D eigenvalue weighted by Crippen LogP contribution is 2.52. The Bertz CT molecular complexity index is 2570. The normalized spacial score (nSPS) is 18.3. The van der Waals surface area contributed by atoms with Crippen LogP contribution in [0.4, 0.5) is 11.5 Å². The van der Waals surface area contributed by atoms with Gasteiger partial charge in [-0.15, -0.1) is 0 Å². The maximum atomic E-state index is 13.2. The molecule has 312 valence electrons. The van der Waals surface area contributed by atoms with Gasteiger partial charge in [0, 0.05) is 36.3 Å². The average molecular weight is 861 g/mol. The second-order valence-corrected chi connectivity index (χ2v) is 18.9. The van der Waals surface area contributed by atoms with E-state index in [2.05, 4.69) is 5.43 Å². The van der Waals surface area contributed by atoms with Crippen LogP contribution in [-0.4, -0.2) is 93.7 Å². The Morgan fingerprint density at radius 2 is 1.66 bits per heavy atom. The number of carbonyl (C=O) groups excluding carboxylic acids is 2. The molecule has 2 aromatic carbocycles. The Balaban J connectivity index is 1.66. The first-order valence-electron chi connectivity index (χ1n) is 17.7. The van der Waals surface area contributed by atoms with Gasteiger partial charge in [-0.1, -0.05) is 18.2 Å². The molecule has 2 amide bonds. The van der Waals surface area contributed by atoms with Gasteiger partial charge in [0.15, 0.2) is 5.71 Å². The first kappa shape index (κ1) is 44.2. The standard InChI is InChI=1S/C37H44N6O12S3/c1-36(2)29-21-25(35(45)41(4)55-5)23-42(17-7-19-56(46,47)48)33(29)39-31(36)9-6-10-32-37(3,26-13-11-24(12-14-26)34(44)40-38)28-22-27(58(52,53)54)15-16-30(28)43(32)18-8-20-57(49,50)51/h6,9-16,21-23H,7-8,17-20,38H2,1-5H3,(H3-,40,44,46,47,48,49,50,51,52,53,54). The molecule has 0 fully saturated rings. The van der Waals surface area contributed by atoms with Gasteiger partial charge in [-0.25, -0.2) is 23.9 Å². The number of hydrogen-bond donors (Lipinski definition) is 4. The zero-order valence-corrected chi connectivity index (χ0v) is 34.7. The number of fused-ring (bicyclic) bond motifs is 2. The molecule has 18 nitrogen and oxygen atoms in total. The van der Waals surface area contributed by atoms with E-state index in [4.69, 9.17) is 15.7 Å². The fourth-order valence-corrected chi connectivity index (χ4v) is 8.63. The number of carbonyl (C=O) groups is 2. The van der Waals surface area contributed by atoms with Crippen LogP contribution in [0.5, 0.6) is 0 Å². The van der Waals surface area contributed by atoms with E-state index in [9.17, 15) is 48.5 Å². The number of aromatic nitrogens is 1. The number of nitrogens with two attached hydrogens (primary N) is 1. The van der Waals surface area contributed by atoms with Crippen molar-refractivity contribution in [2.75, 3.05) is 37.1 Å². The smallest absolute Gasteiger partial charge is 0.327 e. The van der Waals surface area contributed by atoms with Crippen molar-refractivity contribution in [3.8, 4) is 0 Å². The van der Waals surface area contributed by atoms with Crippen LogP contribution in [0.3, 0.4) is 0 Å². The third kappa shape index (κ3) is 9.21. The van der Waals surface area contributed by atoms with Gasteiger partial charge in [0.05, 0.1) is 56.4 Å². The highest BCUT2D eigenvalue weighted by molar-refractivity contribution is 7.86. The van der Waals surface area contributed by atoms with Crippen molar-refractivity contribution < 1.29 is 57.9 Å². The van der Waals surface area contributed by atoms with E-state index in [1.54, 1.807) is 52.8 Å². The van der Waals surface area contributed by atoms with Gasteiger partial charge in [-0.3, -0.25) is 29.0 Å². The van der Waals surface area contributed by atoms with Crippen LogP contribution in [-0.2, 0) is 52.6 Å². The van der Waals surface area contributed by atoms with Gasteiger partial charge in [0.1, 0.15) is 6.20 Å². The maximum Gasteiger partial charge on any atom is 0.327 e. The number of nitrogen functional groups attached to an aromatic ring is 1. The predicted octanol–water partition coefficient (Wildman–Crippen LogP) is 2.30. The number of aryl methyl sites for hydroxylation is 1. The number of nitrogens with one attached hydrogen (secondary N) is 1. The number of allylic oxidation sites excluding steroid dienone is 4. The lowest BCUT2D eigenvalue weighted by Crippen LogP contribution is -2.38. The molecule has 5 rings (SSSR count). The Kier molecular flexibility index (Phi) is 12.5. The average Bonchev–Trinajstić information content (AvgIpc) is 3.55. The monoisotopic (exact) mass is 860 g/mol. The number of hydroxylamine groups is 2. The molecular weight excluding hydrogens is 817 g/mol. The molecule has 21 heteroatoms. The fraction of sp³-hybridized carbons (Fsp3) is 0.351. The van der Waals surface area contributed by atoms with Crippen LogP contribution >= 0.6 is 0 Å². The second-order valence-electron chi connectivity index (χ2n) is 14.4. The summed E-state index contributed by atoms with van der Waals surface area (Å²) in [5, 5.41) is 1.03. The van der Waals surface area contributed by atoms with Crippen LogP contribution in [0.1, 0.15) is 71.0 Å². The summed E-state index contributed by atoms with van der Waals surface area (Å²) in [4.78, 5) is 36.9. The molecule has 0 aliphatic carbocycles. The van der Waals surface area contributed by atoms with Crippen LogP contribution in [0.25, 0.3) is 0 Å². The minimum absolute atomic E-state index is 0.0346. The van der Waals surface area contributed by atoms with Gasteiger partial charge in [-0.2, -0.15) is 16.8 Å². The van der Waals surface area contributed by atoms with Gasteiger partial charge >= 0.3 is 5.82 Å². The van der Waals surface area contributed by atoms with Gasteiger partial charge < -0.3 is 9.45 Å². The van der Waals surface area contributed by atoms with Crippen LogP contribution in [0, 0.1) is 0 Å². The van der Waals surface area contributed by atoms with E-state index in [1.807, 2.05) is 13.8 Å². The maximum absolute atomic E-state index is 13.2. The Hall–Kier alpha value is -4.87. The summed E-state index contributed by atoms with van der Waals surface area (Å²) in [6.07, 6.45) is 6.58. The number of hydrogen-bond acceptors (Lipinski definition) is 13. The summed E-state index contributed by atoms with van der Waals surface area (Å²) in [7, 11) is -10.8. The zero-order valence-electron chi connectivity index (χ0n) is 32.2. The van der Waals surface area contributed by atoms with Gasteiger partial charge in [0.25, 0.3) is 32.1 Å². The number of amides is 2. The first-order valence-corrected chi connectivity index (χ1v) is 22.3. The van der Waals surface area contributed by atoms with Crippen LogP contribution in [0.15, 0.2) is 88.5 Å². The molecule has 0 spiro atoms. The molecule has 0 radical (unpaired) electrons. The van der Waals surface area contributed by atoms with Crippen molar-refractivity contribution in [3.05, 3.63) is 106 Å². The summed E-state index contributed by atoms with van der Waals surface area (Å²) >= 11 is 0. The minimum atomic E-state index is -4.67. The minimum Gasteiger partial charge on any atom is -0.748 e. The summed E-state index contributed by atoms with van der Waals surface area (Å²) in [6, 6.07) is 12.1. The summed E-state index contributed by atoms with van der Waals surface area (Å²) in [5.74, 6) is 3.53. The fourth-order valence-electron chi connectivity index (χ4n) is 7.15. The number of benzene rings is 2. The van der Waals surface area contributed by atoms with E-state index < -0.39 is 64.5 Å².